The predicted molar refractivity (Wildman–Crippen MR) is 110 cm³/mol. The molecule has 0 spiro atoms. The van der Waals surface area contributed by atoms with Crippen molar-refractivity contribution in [2.75, 3.05) is 13.7 Å². The monoisotopic (exact) mass is 387 g/mol. The molecule has 1 N–H and O–H groups in total. The Morgan fingerprint density at radius 2 is 1.89 bits per heavy atom. The fourth-order valence-corrected chi connectivity index (χ4v) is 2.71. The Morgan fingerprint density at radius 3 is 2.63 bits per heavy atom. The van der Waals surface area contributed by atoms with Gasteiger partial charge in [-0.05, 0) is 36.2 Å². The Balaban J connectivity index is 0.00000261. The number of nitrogens with one attached hydrogen (secondary N) is 1. The van der Waals surface area contributed by atoms with Gasteiger partial charge < -0.3 is 19.4 Å². The van der Waals surface area contributed by atoms with E-state index in [4.69, 9.17) is 9.47 Å². The van der Waals surface area contributed by atoms with Crippen LogP contribution in [-0.2, 0) is 19.7 Å². The Bertz CT molecular complexity index is 779. The fourth-order valence-electron chi connectivity index (χ4n) is 2.71. The third kappa shape index (κ3) is 6.62. The third-order valence-electron chi connectivity index (χ3n) is 4.12. The van der Waals surface area contributed by atoms with E-state index in [2.05, 4.69) is 33.1 Å². The zero-order chi connectivity index (χ0) is 18.0. The highest BCUT2D eigenvalue weighted by Crippen LogP contribution is 2.28. The first-order chi connectivity index (χ1) is 12.8. The summed E-state index contributed by atoms with van der Waals surface area (Å²) >= 11 is 0. The van der Waals surface area contributed by atoms with Gasteiger partial charge >= 0.3 is 0 Å². The first-order valence-electron chi connectivity index (χ1n) is 8.85. The van der Waals surface area contributed by atoms with Crippen LogP contribution in [0.15, 0.2) is 67.3 Å². The minimum absolute atomic E-state index is 0. The molecule has 144 valence electrons. The molecule has 0 amide bonds. The average molecular weight is 388 g/mol. The molecule has 3 rings (SSSR count). The van der Waals surface area contributed by atoms with Crippen molar-refractivity contribution in [1.29, 1.82) is 0 Å². The molecule has 0 saturated carbocycles. The molecule has 0 aliphatic heterocycles. The number of hydrogen-bond donors (Lipinski definition) is 1. The normalized spacial score (nSPS) is 10.3. The number of halogens is 1. The van der Waals surface area contributed by atoms with Crippen molar-refractivity contribution in [1.82, 2.24) is 14.9 Å². The van der Waals surface area contributed by atoms with Crippen LogP contribution in [0.5, 0.6) is 11.5 Å². The van der Waals surface area contributed by atoms with Gasteiger partial charge in [0, 0.05) is 25.5 Å². The van der Waals surface area contributed by atoms with Crippen molar-refractivity contribution in [2.45, 2.75) is 26.1 Å². The van der Waals surface area contributed by atoms with Crippen LogP contribution in [0, 0.1) is 0 Å². The van der Waals surface area contributed by atoms with Crippen LogP contribution >= 0.6 is 12.4 Å². The molecule has 0 aliphatic rings. The summed E-state index contributed by atoms with van der Waals surface area (Å²) in [6, 6.07) is 16.2. The molecule has 1 heterocycles. The number of aryl methyl sites for hydroxylation is 1. The van der Waals surface area contributed by atoms with E-state index in [1.807, 2.05) is 42.9 Å². The van der Waals surface area contributed by atoms with Crippen LogP contribution in [0.2, 0.25) is 0 Å². The zero-order valence-electron chi connectivity index (χ0n) is 15.5. The lowest BCUT2D eigenvalue weighted by Gasteiger charge is -2.13. The Kier molecular flexibility index (Phi) is 8.68. The van der Waals surface area contributed by atoms with Gasteiger partial charge in [0.1, 0.15) is 6.61 Å². The second-order valence-corrected chi connectivity index (χ2v) is 6.09. The van der Waals surface area contributed by atoms with Crippen LogP contribution in [0.3, 0.4) is 0 Å². The van der Waals surface area contributed by atoms with Crippen molar-refractivity contribution in [3.05, 3.63) is 78.4 Å². The van der Waals surface area contributed by atoms with E-state index in [0.29, 0.717) is 6.61 Å². The fraction of sp³-hybridized carbons (Fsp3) is 0.286. The minimum atomic E-state index is 0. The van der Waals surface area contributed by atoms with Gasteiger partial charge in [-0.1, -0.05) is 36.4 Å². The van der Waals surface area contributed by atoms with Crippen LogP contribution in [-0.4, -0.2) is 23.2 Å². The number of ether oxygens (including phenoxy) is 2. The van der Waals surface area contributed by atoms with E-state index < -0.39 is 0 Å². The molecule has 0 bridgehead atoms. The second-order valence-electron chi connectivity index (χ2n) is 6.09. The maximum Gasteiger partial charge on any atom is 0.161 e. The van der Waals surface area contributed by atoms with Gasteiger partial charge in [-0.15, -0.1) is 12.4 Å². The Labute approximate surface area is 166 Å². The van der Waals surface area contributed by atoms with Crippen LogP contribution in [0.4, 0.5) is 0 Å². The van der Waals surface area contributed by atoms with Crippen molar-refractivity contribution in [3.8, 4) is 11.5 Å². The third-order valence-corrected chi connectivity index (χ3v) is 4.12. The quantitative estimate of drug-likeness (QED) is 0.533. The van der Waals surface area contributed by atoms with Gasteiger partial charge in [0.15, 0.2) is 11.5 Å². The van der Waals surface area contributed by atoms with E-state index in [9.17, 15) is 0 Å². The van der Waals surface area contributed by atoms with Gasteiger partial charge in [0.05, 0.1) is 13.4 Å². The van der Waals surface area contributed by atoms with E-state index in [-0.39, 0.29) is 12.4 Å². The van der Waals surface area contributed by atoms with Crippen molar-refractivity contribution >= 4 is 12.4 Å². The van der Waals surface area contributed by atoms with E-state index in [1.54, 1.807) is 13.3 Å². The van der Waals surface area contributed by atoms with Crippen LogP contribution < -0.4 is 14.8 Å². The molecule has 0 atom stereocenters. The maximum absolute atomic E-state index is 5.90. The molecule has 0 saturated heterocycles. The first kappa shape index (κ1) is 20.8. The highest BCUT2D eigenvalue weighted by atomic mass is 35.5. The summed E-state index contributed by atoms with van der Waals surface area (Å²) in [4.78, 5) is 4.05. The number of rotatable bonds is 10. The Morgan fingerprint density at radius 1 is 1.04 bits per heavy atom. The van der Waals surface area contributed by atoms with Crippen LogP contribution in [0.1, 0.15) is 17.5 Å². The highest BCUT2D eigenvalue weighted by Gasteiger charge is 2.06. The van der Waals surface area contributed by atoms with Gasteiger partial charge in [-0.25, -0.2) is 4.98 Å². The molecule has 0 radical (unpaired) electrons. The molecular formula is C21H26ClN3O2. The summed E-state index contributed by atoms with van der Waals surface area (Å²) in [5.74, 6) is 1.53. The molecule has 0 aliphatic carbocycles. The second kappa shape index (κ2) is 11.3. The van der Waals surface area contributed by atoms with Gasteiger partial charge in [-0.3, -0.25) is 0 Å². The molecule has 5 nitrogen and oxygen atoms in total. The number of benzene rings is 2. The molecule has 1 aromatic heterocycles. The lowest BCUT2D eigenvalue weighted by Crippen LogP contribution is -2.16. The van der Waals surface area contributed by atoms with Crippen molar-refractivity contribution in [3.63, 3.8) is 0 Å². The van der Waals surface area contributed by atoms with Gasteiger partial charge in [-0.2, -0.15) is 0 Å². The van der Waals surface area contributed by atoms with Crippen molar-refractivity contribution < 1.29 is 9.47 Å². The average Bonchev–Trinajstić information content (AvgIpc) is 3.21. The standard InChI is InChI=1S/C21H25N3O2.ClH/c1-25-21-14-19(15-22-10-5-12-24-13-11-23-17-24)8-9-20(21)26-16-18-6-3-2-4-7-18;/h2-4,6-9,11,13-14,17,22H,5,10,12,15-16H2,1H3;1H. The summed E-state index contributed by atoms with van der Waals surface area (Å²) in [5, 5.41) is 3.46. The molecule has 0 unspecified atom stereocenters. The molecule has 0 fully saturated rings. The summed E-state index contributed by atoms with van der Waals surface area (Å²) in [7, 11) is 1.67. The molecule has 6 heteroatoms. The van der Waals surface area contributed by atoms with E-state index >= 15 is 0 Å². The molecule has 27 heavy (non-hydrogen) atoms. The van der Waals surface area contributed by atoms with E-state index in [0.717, 1.165) is 43.1 Å². The molecule has 3 aromatic rings. The molecular weight excluding hydrogens is 362 g/mol. The Hall–Kier alpha value is -2.50. The van der Waals surface area contributed by atoms with Gasteiger partial charge in [0.2, 0.25) is 0 Å². The number of imidazole rings is 1. The SMILES string of the molecule is COc1cc(CNCCCn2ccnc2)ccc1OCc1ccccc1.Cl. The summed E-state index contributed by atoms with van der Waals surface area (Å²) < 4.78 is 13.5. The number of nitrogens with zero attached hydrogens (tertiary/aromatic N) is 2. The summed E-state index contributed by atoms with van der Waals surface area (Å²) in [6.07, 6.45) is 6.70. The lowest BCUT2D eigenvalue weighted by molar-refractivity contribution is 0.284. The van der Waals surface area contributed by atoms with Crippen molar-refractivity contribution in [2.24, 2.45) is 0 Å². The predicted octanol–water partition coefficient (Wildman–Crippen LogP) is 4.07. The largest absolute Gasteiger partial charge is 0.493 e. The zero-order valence-corrected chi connectivity index (χ0v) is 16.3. The summed E-state index contributed by atoms with van der Waals surface area (Å²) in [6.45, 7) is 3.26. The number of aromatic nitrogens is 2. The molecule has 2 aromatic carbocycles. The maximum atomic E-state index is 5.90. The smallest absolute Gasteiger partial charge is 0.161 e. The summed E-state index contributed by atoms with van der Waals surface area (Å²) in [5.41, 5.74) is 2.31. The topological polar surface area (TPSA) is 48.3 Å². The van der Waals surface area contributed by atoms with Gasteiger partial charge in [0.25, 0.3) is 0 Å². The minimum Gasteiger partial charge on any atom is -0.493 e. The first-order valence-corrected chi connectivity index (χ1v) is 8.85. The number of methoxy groups -OCH3 is 1. The highest BCUT2D eigenvalue weighted by molar-refractivity contribution is 5.85. The van der Waals surface area contributed by atoms with Crippen LogP contribution in [0.25, 0.3) is 0 Å². The van der Waals surface area contributed by atoms with E-state index in [1.165, 1.54) is 5.56 Å². The number of hydrogen-bond acceptors (Lipinski definition) is 4. The lowest BCUT2D eigenvalue weighted by atomic mass is 10.2.